The Bertz CT molecular complexity index is 1010. The lowest BCUT2D eigenvalue weighted by Gasteiger charge is -2.08. The van der Waals surface area contributed by atoms with Crippen molar-refractivity contribution in [3.8, 4) is 5.69 Å². The van der Waals surface area contributed by atoms with Crippen molar-refractivity contribution >= 4 is 11.6 Å². The number of carbonyl (C=O) groups excluding carboxylic acids is 1. The molecule has 3 aromatic rings. The molecule has 132 valence electrons. The number of halogens is 2. The van der Waals surface area contributed by atoms with E-state index in [-0.39, 0.29) is 5.69 Å². The first kappa shape index (κ1) is 16.4. The van der Waals surface area contributed by atoms with Crippen molar-refractivity contribution in [2.75, 3.05) is 5.32 Å². The third-order valence-corrected chi connectivity index (χ3v) is 4.67. The third kappa shape index (κ3) is 2.77. The molecule has 1 aliphatic rings. The number of fused-ring (bicyclic) bond motifs is 1. The number of hydrogen-bond donors (Lipinski definition) is 1. The number of anilines is 1. The molecule has 0 radical (unpaired) electrons. The van der Waals surface area contributed by atoms with Gasteiger partial charge in [0.2, 0.25) is 0 Å². The fourth-order valence-corrected chi connectivity index (χ4v) is 3.38. The van der Waals surface area contributed by atoms with E-state index in [2.05, 4.69) is 10.4 Å². The fraction of sp³-hybridized carbons (Fsp3) is 0.200. The number of aryl methyl sites for hydroxylation is 1. The highest BCUT2D eigenvalue weighted by molar-refractivity contribution is 6.04. The quantitative estimate of drug-likeness (QED) is 0.767. The van der Waals surface area contributed by atoms with Gasteiger partial charge in [-0.25, -0.2) is 13.5 Å². The Morgan fingerprint density at radius 3 is 2.69 bits per heavy atom. The van der Waals surface area contributed by atoms with Crippen molar-refractivity contribution < 1.29 is 13.6 Å². The van der Waals surface area contributed by atoms with Crippen LogP contribution < -0.4 is 5.32 Å². The molecule has 0 aliphatic heterocycles. The highest BCUT2D eigenvalue weighted by Crippen LogP contribution is 2.29. The third-order valence-electron chi connectivity index (χ3n) is 4.67. The molecule has 0 saturated heterocycles. The zero-order valence-corrected chi connectivity index (χ0v) is 14.2. The first-order chi connectivity index (χ1) is 12.5. The van der Waals surface area contributed by atoms with Crippen LogP contribution >= 0.6 is 0 Å². The molecule has 0 atom stereocenters. The Morgan fingerprint density at radius 1 is 1.12 bits per heavy atom. The zero-order valence-electron chi connectivity index (χ0n) is 14.2. The number of hydrogen-bond acceptors (Lipinski definition) is 2. The van der Waals surface area contributed by atoms with Gasteiger partial charge in [-0.15, -0.1) is 0 Å². The summed E-state index contributed by atoms with van der Waals surface area (Å²) in [7, 11) is 0. The number of rotatable bonds is 3. The number of carbonyl (C=O) groups is 1. The molecule has 26 heavy (non-hydrogen) atoms. The second-order valence-electron chi connectivity index (χ2n) is 6.41. The SMILES string of the molecule is Cc1ccccc1-n1nc(C(=O)Nc2ccc(F)c(F)c2)c2c1CCC2. The Kier molecular flexibility index (Phi) is 4.03. The molecule has 1 heterocycles. The molecular formula is C20H17F2N3O. The molecule has 0 bridgehead atoms. The van der Waals surface area contributed by atoms with Crippen molar-refractivity contribution in [1.82, 2.24) is 9.78 Å². The van der Waals surface area contributed by atoms with Crippen LogP contribution in [0.5, 0.6) is 0 Å². The molecule has 2 aromatic carbocycles. The minimum absolute atomic E-state index is 0.200. The van der Waals surface area contributed by atoms with E-state index in [1.54, 1.807) is 0 Å². The van der Waals surface area contributed by atoms with Crippen LogP contribution in [0.4, 0.5) is 14.5 Å². The maximum absolute atomic E-state index is 13.4. The molecule has 1 aromatic heterocycles. The van der Waals surface area contributed by atoms with E-state index >= 15 is 0 Å². The molecule has 1 amide bonds. The van der Waals surface area contributed by atoms with Crippen molar-refractivity contribution in [2.45, 2.75) is 26.2 Å². The molecule has 4 rings (SSSR count). The van der Waals surface area contributed by atoms with Crippen LogP contribution in [-0.2, 0) is 12.8 Å². The van der Waals surface area contributed by atoms with E-state index in [1.165, 1.54) is 6.07 Å². The lowest BCUT2D eigenvalue weighted by Crippen LogP contribution is -2.15. The van der Waals surface area contributed by atoms with Crippen molar-refractivity contribution in [3.63, 3.8) is 0 Å². The number of nitrogens with one attached hydrogen (secondary N) is 1. The maximum atomic E-state index is 13.4. The summed E-state index contributed by atoms with van der Waals surface area (Å²) in [4.78, 5) is 12.7. The molecule has 0 fully saturated rings. The van der Waals surface area contributed by atoms with E-state index in [0.29, 0.717) is 5.69 Å². The lowest BCUT2D eigenvalue weighted by molar-refractivity contribution is 0.102. The first-order valence-electron chi connectivity index (χ1n) is 8.48. The van der Waals surface area contributed by atoms with Crippen LogP contribution in [0.25, 0.3) is 5.69 Å². The van der Waals surface area contributed by atoms with Crippen molar-refractivity contribution in [2.24, 2.45) is 0 Å². The van der Waals surface area contributed by atoms with Crippen molar-refractivity contribution in [1.29, 1.82) is 0 Å². The summed E-state index contributed by atoms with van der Waals surface area (Å²) < 4.78 is 28.3. The zero-order chi connectivity index (χ0) is 18.3. The highest BCUT2D eigenvalue weighted by atomic mass is 19.2. The van der Waals surface area contributed by atoms with Gasteiger partial charge in [0, 0.05) is 23.0 Å². The standard InChI is InChI=1S/C20H17F2N3O/c1-12-5-2-3-7-17(12)25-18-8-4-6-14(18)19(24-25)20(26)23-13-9-10-15(21)16(22)11-13/h2-3,5,7,9-11H,4,6,8H2,1H3,(H,23,26). The van der Waals surface area contributed by atoms with Crippen LogP contribution in [0.1, 0.15) is 33.7 Å². The first-order valence-corrected chi connectivity index (χ1v) is 8.48. The van der Waals surface area contributed by atoms with Gasteiger partial charge in [0.05, 0.1) is 5.69 Å². The average molecular weight is 353 g/mol. The van der Waals surface area contributed by atoms with Crippen molar-refractivity contribution in [3.05, 3.63) is 76.6 Å². The summed E-state index contributed by atoms with van der Waals surface area (Å²) in [6.45, 7) is 2.00. The van der Waals surface area contributed by atoms with Gasteiger partial charge in [-0.2, -0.15) is 5.10 Å². The van der Waals surface area contributed by atoms with Crippen LogP contribution in [0.2, 0.25) is 0 Å². The predicted molar refractivity (Wildman–Crippen MR) is 94.6 cm³/mol. The molecule has 6 heteroatoms. The Balaban J connectivity index is 1.71. The Labute approximate surface area is 149 Å². The topological polar surface area (TPSA) is 46.9 Å². The minimum atomic E-state index is -1.00. The number of nitrogens with zero attached hydrogens (tertiary/aromatic N) is 2. The van der Waals surface area contributed by atoms with Gasteiger partial charge in [0.15, 0.2) is 17.3 Å². The molecule has 4 nitrogen and oxygen atoms in total. The van der Waals surface area contributed by atoms with Gasteiger partial charge in [-0.1, -0.05) is 18.2 Å². The molecular weight excluding hydrogens is 336 g/mol. The van der Waals surface area contributed by atoms with E-state index in [0.717, 1.165) is 53.9 Å². The van der Waals surface area contributed by atoms with Gasteiger partial charge in [-0.05, 0) is 49.9 Å². The second-order valence-corrected chi connectivity index (χ2v) is 6.41. The van der Waals surface area contributed by atoms with Gasteiger partial charge < -0.3 is 5.32 Å². The van der Waals surface area contributed by atoms with Gasteiger partial charge in [-0.3, -0.25) is 4.79 Å². The largest absolute Gasteiger partial charge is 0.320 e. The number of para-hydroxylation sites is 1. The lowest BCUT2D eigenvalue weighted by atomic mass is 10.1. The van der Waals surface area contributed by atoms with E-state index in [4.69, 9.17) is 0 Å². The number of aromatic nitrogens is 2. The number of benzene rings is 2. The molecule has 1 aliphatic carbocycles. The summed E-state index contributed by atoms with van der Waals surface area (Å²) in [6, 6.07) is 11.1. The fourth-order valence-electron chi connectivity index (χ4n) is 3.38. The van der Waals surface area contributed by atoms with E-state index in [9.17, 15) is 13.6 Å². The normalized spacial score (nSPS) is 12.9. The van der Waals surface area contributed by atoms with E-state index in [1.807, 2.05) is 35.9 Å². The summed E-state index contributed by atoms with van der Waals surface area (Å²) in [5.74, 6) is -2.37. The molecule has 0 saturated carbocycles. The molecule has 0 spiro atoms. The Morgan fingerprint density at radius 2 is 1.92 bits per heavy atom. The minimum Gasteiger partial charge on any atom is -0.320 e. The highest BCUT2D eigenvalue weighted by Gasteiger charge is 2.27. The van der Waals surface area contributed by atoms with E-state index < -0.39 is 17.5 Å². The van der Waals surface area contributed by atoms with Crippen LogP contribution in [0, 0.1) is 18.6 Å². The summed E-state index contributed by atoms with van der Waals surface area (Å²) in [5.41, 5.74) is 4.51. The smallest absolute Gasteiger partial charge is 0.276 e. The average Bonchev–Trinajstić information content (AvgIpc) is 3.21. The molecule has 0 unspecified atom stereocenters. The molecule has 1 N–H and O–H groups in total. The van der Waals surface area contributed by atoms with Crippen LogP contribution in [0.15, 0.2) is 42.5 Å². The Hall–Kier alpha value is -3.02. The summed E-state index contributed by atoms with van der Waals surface area (Å²) in [6.07, 6.45) is 2.60. The van der Waals surface area contributed by atoms with Gasteiger partial charge in [0.25, 0.3) is 5.91 Å². The second kappa shape index (κ2) is 6.37. The van der Waals surface area contributed by atoms with Crippen LogP contribution in [0.3, 0.4) is 0 Å². The van der Waals surface area contributed by atoms with Gasteiger partial charge >= 0.3 is 0 Å². The monoisotopic (exact) mass is 353 g/mol. The predicted octanol–water partition coefficient (Wildman–Crippen LogP) is 4.20. The maximum Gasteiger partial charge on any atom is 0.276 e. The summed E-state index contributed by atoms with van der Waals surface area (Å²) in [5, 5.41) is 7.15. The van der Waals surface area contributed by atoms with Gasteiger partial charge in [0.1, 0.15) is 0 Å². The number of amides is 1. The van der Waals surface area contributed by atoms with Crippen LogP contribution in [-0.4, -0.2) is 15.7 Å². The summed E-state index contributed by atoms with van der Waals surface area (Å²) >= 11 is 0.